The van der Waals surface area contributed by atoms with Crippen molar-refractivity contribution < 1.29 is 0 Å². The summed E-state index contributed by atoms with van der Waals surface area (Å²) in [4.78, 5) is 3.89. The van der Waals surface area contributed by atoms with E-state index in [9.17, 15) is 0 Å². The van der Waals surface area contributed by atoms with Gasteiger partial charge in [-0.2, -0.15) is 0 Å². The van der Waals surface area contributed by atoms with Crippen LogP contribution in [0.25, 0.3) is 4.85 Å². The largest absolute Gasteiger partial charge is 0.328 e. The Kier molecular flexibility index (Phi) is 2.70. The van der Waals surface area contributed by atoms with Crippen LogP contribution in [-0.2, 0) is 0 Å². The SMILES string of the molecule is C[N+]#CC1CCCC(N)C1. The van der Waals surface area contributed by atoms with E-state index in [2.05, 4.69) is 10.9 Å². The van der Waals surface area contributed by atoms with Gasteiger partial charge in [0, 0.05) is 6.04 Å². The van der Waals surface area contributed by atoms with E-state index in [1.54, 1.807) is 7.05 Å². The van der Waals surface area contributed by atoms with E-state index in [-0.39, 0.29) is 0 Å². The van der Waals surface area contributed by atoms with Gasteiger partial charge in [-0.15, -0.1) is 0 Å². The number of nitrogens with zero attached hydrogens (tertiary/aromatic N) is 1. The van der Waals surface area contributed by atoms with Crippen LogP contribution in [0.4, 0.5) is 0 Å². The standard InChI is InChI=1S/C8H15N2/c1-10-6-7-3-2-4-8(9)5-7/h7-8H,2-5,9H2,1H3/q+1. The van der Waals surface area contributed by atoms with Crippen LogP contribution in [-0.4, -0.2) is 13.1 Å². The van der Waals surface area contributed by atoms with Crippen LogP contribution in [0.1, 0.15) is 25.7 Å². The van der Waals surface area contributed by atoms with E-state index in [0.29, 0.717) is 12.0 Å². The molecule has 0 radical (unpaired) electrons. The van der Waals surface area contributed by atoms with Gasteiger partial charge in [-0.1, -0.05) is 11.3 Å². The summed E-state index contributed by atoms with van der Waals surface area (Å²) in [5, 5.41) is 0. The maximum absolute atomic E-state index is 5.77. The molecule has 2 heteroatoms. The van der Waals surface area contributed by atoms with Crippen LogP contribution in [0.2, 0.25) is 0 Å². The molecule has 1 fully saturated rings. The summed E-state index contributed by atoms with van der Waals surface area (Å²) >= 11 is 0. The van der Waals surface area contributed by atoms with Gasteiger partial charge in [0.15, 0.2) is 0 Å². The fourth-order valence-corrected chi connectivity index (χ4v) is 1.53. The average Bonchev–Trinajstić information content (AvgIpc) is 1.88. The fraction of sp³-hybridized carbons (Fsp3) is 0.875. The monoisotopic (exact) mass is 139 g/mol. The van der Waals surface area contributed by atoms with Crippen molar-refractivity contribution in [1.82, 2.24) is 0 Å². The van der Waals surface area contributed by atoms with Gasteiger partial charge in [-0.05, 0) is 19.3 Å². The predicted octanol–water partition coefficient (Wildman–Crippen LogP) is 1.47. The summed E-state index contributed by atoms with van der Waals surface area (Å²) in [6, 6.07) is 3.46. The molecular formula is C8H15N2+. The Morgan fingerprint density at radius 1 is 1.50 bits per heavy atom. The van der Waals surface area contributed by atoms with Gasteiger partial charge in [0.2, 0.25) is 0 Å². The molecule has 0 aromatic carbocycles. The van der Waals surface area contributed by atoms with Crippen LogP contribution in [0.3, 0.4) is 0 Å². The molecule has 0 amide bonds. The lowest BCUT2D eigenvalue weighted by molar-refractivity contribution is 0.381. The van der Waals surface area contributed by atoms with Gasteiger partial charge in [0.25, 0.3) is 13.1 Å². The van der Waals surface area contributed by atoms with Crippen molar-refractivity contribution >= 4 is 0 Å². The van der Waals surface area contributed by atoms with Crippen molar-refractivity contribution in [2.75, 3.05) is 7.05 Å². The number of nitrogens with two attached hydrogens (primary N) is 1. The Hall–Kier alpha value is -0.550. The third-order valence-electron chi connectivity index (χ3n) is 2.03. The smallest absolute Gasteiger partial charge is 0.275 e. The molecule has 0 bridgehead atoms. The molecule has 2 nitrogen and oxygen atoms in total. The Morgan fingerprint density at radius 2 is 2.30 bits per heavy atom. The van der Waals surface area contributed by atoms with Gasteiger partial charge in [0.05, 0.1) is 5.92 Å². The summed E-state index contributed by atoms with van der Waals surface area (Å²) in [6.07, 6.45) is 4.73. The predicted molar refractivity (Wildman–Crippen MR) is 43.1 cm³/mol. The molecule has 1 rings (SSSR count). The second-order valence-corrected chi connectivity index (χ2v) is 2.98. The maximum atomic E-state index is 5.77. The van der Waals surface area contributed by atoms with E-state index < -0.39 is 0 Å². The molecule has 1 saturated carbocycles. The van der Waals surface area contributed by atoms with Crippen molar-refractivity contribution in [3.63, 3.8) is 0 Å². The lowest BCUT2D eigenvalue weighted by Gasteiger charge is -2.19. The van der Waals surface area contributed by atoms with Gasteiger partial charge >= 0.3 is 0 Å². The van der Waals surface area contributed by atoms with E-state index in [1.807, 2.05) is 0 Å². The minimum Gasteiger partial charge on any atom is -0.328 e. The molecule has 0 saturated heterocycles. The van der Waals surface area contributed by atoms with Crippen molar-refractivity contribution in [3.05, 3.63) is 4.85 Å². The first-order chi connectivity index (χ1) is 4.83. The van der Waals surface area contributed by atoms with Crippen molar-refractivity contribution in [3.8, 4) is 6.07 Å². The molecule has 2 unspecified atom stereocenters. The summed E-state index contributed by atoms with van der Waals surface area (Å²) in [6.45, 7) is 0. The van der Waals surface area contributed by atoms with E-state index >= 15 is 0 Å². The Bertz CT molecular complexity index is 154. The zero-order valence-electron chi connectivity index (χ0n) is 6.51. The average molecular weight is 139 g/mol. The molecule has 0 aromatic heterocycles. The molecule has 0 aromatic rings. The second kappa shape index (κ2) is 3.58. The summed E-state index contributed by atoms with van der Waals surface area (Å²) in [5.41, 5.74) is 5.77. The quantitative estimate of drug-likeness (QED) is 0.541. The van der Waals surface area contributed by atoms with Crippen molar-refractivity contribution in [2.24, 2.45) is 11.7 Å². The summed E-state index contributed by atoms with van der Waals surface area (Å²) in [5.74, 6) is 0.536. The topological polar surface area (TPSA) is 30.4 Å². The van der Waals surface area contributed by atoms with E-state index in [0.717, 1.165) is 6.42 Å². The number of hydrogen-bond acceptors (Lipinski definition) is 1. The van der Waals surface area contributed by atoms with Gasteiger partial charge < -0.3 is 5.73 Å². The Balaban J connectivity index is 2.37. The number of hydrogen-bond donors (Lipinski definition) is 1. The zero-order chi connectivity index (χ0) is 7.40. The molecule has 10 heavy (non-hydrogen) atoms. The lowest BCUT2D eigenvalue weighted by Crippen LogP contribution is -2.27. The van der Waals surface area contributed by atoms with Crippen LogP contribution in [0.15, 0.2) is 0 Å². The first-order valence-corrected chi connectivity index (χ1v) is 3.93. The highest BCUT2D eigenvalue weighted by atomic mass is 14.6. The molecule has 0 spiro atoms. The van der Waals surface area contributed by atoms with E-state index in [1.165, 1.54) is 19.3 Å². The minimum absolute atomic E-state index is 0.396. The first-order valence-electron chi connectivity index (χ1n) is 3.93. The molecule has 1 aliphatic carbocycles. The fourth-order valence-electron chi connectivity index (χ4n) is 1.53. The molecule has 2 atom stereocenters. The molecule has 1 aliphatic rings. The van der Waals surface area contributed by atoms with Crippen LogP contribution >= 0.6 is 0 Å². The Labute approximate surface area is 62.2 Å². The summed E-state index contributed by atoms with van der Waals surface area (Å²) in [7, 11) is 1.78. The maximum Gasteiger partial charge on any atom is 0.275 e. The van der Waals surface area contributed by atoms with Crippen molar-refractivity contribution in [2.45, 2.75) is 31.7 Å². The van der Waals surface area contributed by atoms with Crippen LogP contribution in [0, 0.1) is 12.0 Å². The van der Waals surface area contributed by atoms with Crippen molar-refractivity contribution in [1.29, 1.82) is 0 Å². The molecule has 0 aliphatic heterocycles. The highest BCUT2D eigenvalue weighted by molar-refractivity contribution is 4.95. The van der Waals surface area contributed by atoms with E-state index in [4.69, 9.17) is 5.73 Å². The number of rotatable bonds is 0. The molecule has 0 heterocycles. The third-order valence-corrected chi connectivity index (χ3v) is 2.03. The zero-order valence-corrected chi connectivity index (χ0v) is 6.51. The third kappa shape index (κ3) is 2.00. The van der Waals surface area contributed by atoms with Gasteiger partial charge in [-0.25, -0.2) is 0 Å². The van der Waals surface area contributed by atoms with Gasteiger partial charge in [-0.3, -0.25) is 0 Å². The minimum atomic E-state index is 0.396. The normalized spacial score (nSPS) is 32.6. The summed E-state index contributed by atoms with van der Waals surface area (Å²) < 4.78 is 0. The lowest BCUT2D eigenvalue weighted by atomic mass is 9.87. The first kappa shape index (κ1) is 7.56. The molecular weight excluding hydrogens is 124 g/mol. The highest BCUT2D eigenvalue weighted by Gasteiger charge is 2.20. The van der Waals surface area contributed by atoms with Crippen LogP contribution < -0.4 is 5.73 Å². The molecule has 56 valence electrons. The Morgan fingerprint density at radius 3 is 2.90 bits per heavy atom. The second-order valence-electron chi connectivity index (χ2n) is 2.98. The van der Waals surface area contributed by atoms with Crippen LogP contribution in [0.5, 0.6) is 0 Å². The highest BCUT2D eigenvalue weighted by Crippen LogP contribution is 2.22. The van der Waals surface area contributed by atoms with Gasteiger partial charge in [0.1, 0.15) is 0 Å². The molecule has 2 N–H and O–H groups in total.